The van der Waals surface area contributed by atoms with Gasteiger partial charge in [0.05, 0.1) is 18.5 Å². The molecule has 2 rings (SSSR count). The summed E-state index contributed by atoms with van der Waals surface area (Å²) in [6.45, 7) is 5.40. The van der Waals surface area contributed by atoms with E-state index >= 15 is 0 Å². The van der Waals surface area contributed by atoms with Gasteiger partial charge in [-0.3, -0.25) is 0 Å². The summed E-state index contributed by atoms with van der Waals surface area (Å²) in [5, 5.41) is 0. The van der Waals surface area contributed by atoms with Crippen LogP contribution in [0.3, 0.4) is 0 Å². The lowest BCUT2D eigenvalue weighted by atomic mass is 10.1. The lowest BCUT2D eigenvalue weighted by Crippen LogP contribution is -2.23. The summed E-state index contributed by atoms with van der Waals surface area (Å²) in [4.78, 5) is 1.97. The van der Waals surface area contributed by atoms with E-state index in [-0.39, 0.29) is 5.82 Å². The van der Waals surface area contributed by atoms with Gasteiger partial charge in [-0.05, 0) is 25.0 Å². The molecule has 0 bridgehead atoms. The van der Waals surface area contributed by atoms with Crippen molar-refractivity contribution in [3.8, 4) is 5.75 Å². The minimum absolute atomic E-state index is 0.311. The van der Waals surface area contributed by atoms with Gasteiger partial charge in [-0.15, -0.1) is 0 Å². The Bertz CT molecular complexity index is 628. The van der Waals surface area contributed by atoms with Gasteiger partial charge in [0.1, 0.15) is 11.6 Å². The van der Waals surface area contributed by atoms with Crippen molar-refractivity contribution < 1.29 is 9.13 Å². The second-order valence-electron chi connectivity index (χ2n) is 4.99. The van der Waals surface area contributed by atoms with Crippen LogP contribution < -0.4 is 15.4 Å². The summed E-state index contributed by atoms with van der Waals surface area (Å²) in [5.41, 5.74) is 8.92. The number of nitrogens with zero attached hydrogens (tertiary/aromatic N) is 1. The second kappa shape index (κ2) is 6.48. The van der Waals surface area contributed by atoms with Crippen LogP contribution >= 0.6 is 0 Å². The zero-order valence-corrected chi connectivity index (χ0v) is 12.7. The second-order valence-corrected chi connectivity index (χ2v) is 4.99. The van der Waals surface area contributed by atoms with E-state index in [0.717, 1.165) is 0 Å². The number of aryl methyl sites for hydroxylation is 1. The summed E-state index contributed by atoms with van der Waals surface area (Å²) >= 11 is 0. The fourth-order valence-electron chi connectivity index (χ4n) is 2.34. The smallest absolute Gasteiger partial charge is 0.148 e. The van der Waals surface area contributed by atoms with Crippen molar-refractivity contribution in [1.29, 1.82) is 0 Å². The van der Waals surface area contributed by atoms with Crippen molar-refractivity contribution >= 4 is 11.4 Å². The van der Waals surface area contributed by atoms with Crippen LogP contribution in [-0.2, 0) is 6.54 Å². The van der Waals surface area contributed by atoms with Crippen LogP contribution in [0.2, 0.25) is 0 Å². The number of nitrogens with two attached hydrogens (primary N) is 1. The molecule has 21 heavy (non-hydrogen) atoms. The highest BCUT2D eigenvalue weighted by atomic mass is 19.1. The van der Waals surface area contributed by atoms with Gasteiger partial charge in [-0.1, -0.05) is 24.3 Å². The van der Waals surface area contributed by atoms with Crippen LogP contribution in [0.4, 0.5) is 15.8 Å². The molecule has 0 aromatic heterocycles. The largest absolute Gasteiger partial charge is 0.495 e. The van der Waals surface area contributed by atoms with Gasteiger partial charge in [0.15, 0.2) is 0 Å². The number of hydrogen-bond acceptors (Lipinski definition) is 3. The first-order chi connectivity index (χ1) is 10.1. The fourth-order valence-corrected chi connectivity index (χ4v) is 2.34. The van der Waals surface area contributed by atoms with E-state index in [4.69, 9.17) is 10.5 Å². The number of halogens is 1. The van der Waals surface area contributed by atoms with Gasteiger partial charge in [0.2, 0.25) is 0 Å². The maximum Gasteiger partial charge on any atom is 0.148 e. The molecule has 0 radical (unpaired) electrons. The Morgan fingerprint density at radius 2 is 1.95 bits per heavy atom. The Kier molecular flexibility index (Phi) is 4.68. The topological polar surface area (TPSA) is 38.5 Å². The fraction of sp³-hybridized carbons (Fsp3) is 0.294. The summed E-state index contributed by atoms with van der Waals surface area (Å²) in [6.07, 6.45) is 0. The van der Waals surface area contributed by atoms with E-state index in [9.17, 15) is 4.39 Å². The van der Waals surface area contributed by atoms with Gasteiger partial charge < -0.3 is 15.4 Å². The Morgan fingerprint density at radius 3 is 2.57 bits per heavy atom. The molecule has 0 unspecified atom stereocenters. The molecule has 2 aromatic carbocycles. The standard InChI is InChI=1S/C17H21FN2O/c1-4-20(11-13-8-6-5-7-12(13)2)16-10-17(21-3)15(19)9-14(16)18/h5-10H,4,11,19H2,1-3H3. The van der Waals surface area contributed by atoms with Gasteiger partial charge >= 0.3 is 0 Å². The molecule has 0 aliphatic carbocycles. The van der Waals surface area contributed by atoms with Crippen LogP contribution in [-0.4, -0.2) is 13.7 Å². The lowest BCUT2D eigenvalue weighted by Gasteiger charge is -2.25. The first kappa shape index (κ1) is 15.2. The summed E-state index contributed by atoms with van der Waals surface area (Å²) in [5.74, 6) is 0.165. The molecule has 0 heterocycles. The summed E-state index contributed by atoms with van der Waals surface area (Å²) in [7, 11) is 1.53. The van der Waals surface area contributed by atoms with Crippen molar-refractivity contribution in [2.45, 2.75) is 20.4 Å². The molecule has 0 amide bonds. The molecule has 2 aromatic rings. The molecule has 0 aliphatic rings. The van der Waals surface area contributed by atoms with Gasteiger partial charge in [0.25, 0.3) is 0 Å². The minimum atomic E-state index is -0.330. The SMILES string of the molecule is CCN(Cc1ccccc1C)c1cc(OC)c(N)cc1F. The number of methoxy groups -OCH3 is 1. The van der Waals surface area contributed by atoms with E-state index in [1.807, 2.05) is 24.0 Å². The van der Waals surface area contributed by atoms with Gasteiger partial charge in [0, 0.05) is 25.2 Å². The monoisotopic (exact) mass is 288 g/mol. The Hall–Kier alpha value is -2.23. The Balaban J connectivity index is 2.36. The zero-order chi connectivity index (χ0) is 15.4. The third kappa shape index (κ3) is 3.27. The van der Waals surface area contributed by atoms with Gasteiger partial charge in [-0.2, -0.15) is 0 Å². The molecule has 0 aliphatic heterocycles. The van der Waals surface area contributed by atoms with Gasteiger partial charge in [-0.25, -0.2) is 4.39 Å². The predicted molar refractivity (Wildman–Crippen MR) is 85.3 cm³/mol. The Morgan fingerprint density at radius 1 is 1.24 bits per heavy atom. The van der Waals surface area contributed by atoms with Crippen LogP contribution in [0.15, 0.2) is 36.4 Å². The third-order valence-electron chi connectivity index (χ3n) is 3.64. The molecular weight excluding hydrogens is 267 g/mol. The Labute approximate surface area is 125 Å². The van der Waals surface area contributed by atoms with E-state index in [0.29, 0.717) is 30.2 Å². The van der Waals surface area contributed by atoms with Crippen LogP contribution in [0.5, 0.6) is 5.75 Å². The van der Waals surface area contributed by atoms with E-state index in [1.165, 1.54) is 24.3 Å². The zero-order valence-electron chi connectivity index (χ0n) is 12.7. The summed E-state index contributed by atoms with van der Waals surface area (Å²) in [6, 6.07) is 11.1. The average molecular weight is 288 g/mol. The molecule has 0 atom stereocenters. The number of benzene rings is 2. The number of anilines is 2. The number of rotatable bonds is 5. The molecule has 0 fully saturated rings. The third-order valence-corrected chi connectivity index (χ3v) is 3.64. The van der Waals surface area contributed by atoms with Crippen LogP contribution in [0.25, 0.3) is 0 Å². The van der Waals surface area contributed by atoms with Crippen molar-refractivity contribution in [2.24, 2.45) is 0 Å². The molecule has 2 N–H and O–H groups in total. The number of nitrogen functional groups attached to an aromatic ring is 1. The maximum atomic E-state index is 14.2. The van der Waals surface area contributed by atoms with E-state index in [1.54, 1.807) is 6.07 Å². The normalized spacial score (nSPS) is 10.5. The average Bonchev–Trinajstić information content (AvgIpc) is 2.47. The first-order valence-electron chi connectivity index (χ1n) is 6.99. The molecule has 112 valence electrons. The highest BCUT2D eigenvalue weighted by Gasteiger charge is 2.15. The number of hydrogen-bond donors (Lipinski definition) is 1. The minimum Gasteiger partial charge on any atom is -0.495 e. The number of ether oxygens (including phenoxy) is 1. The predicted octanol–water partition coefficient (Wildman–Crippen LogP) is 3.75. The van der Waals surface area contributed by atoms with Crippen LogP contribution in [0.1, 0.15) is 18.1 Å². The molecule has 0 spiro atoms. The molecule has 0 saturated carbocycles. The molecule has 3 nitrogen and oxygen atoms in total. The highest BCUT2D eigenvalue weighted by Crippen LogP contribution is 2.31. The van der Waals surface area contributed by atoms with Crippen molar-refractivity contribution in [1.82, 2.24) is 0 Å². The van der Waals surface area contributed by atoms with Crippen LogP contribution in [0, 0.1) is 12.7 Å². The molecule has 0 saturated heterocycles. The lowest BCUT2D eigenvalue weighted by molar-refractivity contribution is 0.416. The van der Waals surface area contributed by atoms with E-state index in [2.05, 4.69) is 19.1 Å². The van der Waals surface area contributed by atoms with E-state index < -0.39 is 0 Å². The first-order valence-corrected chi connectivity index (χ1v) is 6.99. The highest BCUT2D eigenvalue weighted by molar-refractivity contribution is 5.63. The van der Waals surface area contributed by atoms with Crippen molar-refractivity contribution in [2.75, 3.05) is 24.3 Å². The summed E-state index contributed by atoms with van der Waals surface area (Å²) < 4.78 is 19.4. The van der Waals surface area contributed by atoms with Crippen molar-refractivity contribution in [3.05, 3.63) is 53.3 Å². The quantitative estimate of drug-likeness (QED) is 0.852. The van der Waals surface area contributed by atoms with Crippen molar-refractivity contribution in [3.63, 3.8) is 0 Å². The molecule has 4 heteroatoms. The maximum absolute atomic E-state index is 14.2. The molecular formula is C17H21FN2O.